The van der Waals surface area contributed by atoms with Crippen molar-refractivity contribution >= 4 is 15.9 Å². The van der Waals surface area contributed by atoms with Crippen LogP contribution in [-0.2, 0) is 0 Å². The Morgan fingerprint density at radius 1 is 1.17 bits per heavy atom. The zero-order valence-electron chi connectivity index (χ0n) is 11.7. The molecule has 1 rings (SSSR count). The van der Waals surface area contributed by atoms with Gasteiger partial charge in [0.1, 0.15) is 0 Å². The van der Waals surface area contributed by atoms with Gasteiger partial charge < -0.3 is 9.73 Å². The maximum absolute atomic E-state index is 5.30. The molecule has 1 aromatic heterocycles. The Balaban J connectivity index is 2.15. The van der Waals surface area contributed by atoms with E-state index in [4.69, 9.17) is 4.42 Å². The van der Waals surface area contributed by atoms with Gasteiger partial charge >= 0.3 is 0 Å². The summed E-state index contributed by atoms with van der Waals surface area (Å²) in [7, 11) is 2.02. The van der Waals surface area contributed by atoms with Gasteiger partial charge in [-0.3, -0.25) is 0 Å². The van der Waals surface area contributed by atoms with Gasteiger partial charge in [0, 0.05) is 11.6 Å². The Kier molecular flexibility index (Phi) is 8.44. The molecule has 104 valence electrons. The quantitative estimate of drug-likeness (QED) is 0.581. The molecule has 0 radical (unpaired) electrons. The first-order chi connectivity index (χ1) is 8.79. The summed E-state index contributed by atoms with van der Waals surface area (Å²) in [4.78, 5) is 0. The molecular formula is C15H26BrNO. The van der Waals surface area contributed by atoms with Crippen LogP contribution in [0.15, 0.2) is 21.4 Å². The summed E-state index contributed by atoms with van der Waals surface area (Å²) in [6.07, 6.45) is 12.5. The lowest BCUT2D eigenvalue weighted by molar-refractivity contribution is 0.479. The third kappa shape index (κ3) is 5.57. The van der Waals surface area contributed by atoms with Crippen molar-refractivity contribution in [3.63, 3.8) is 0 Å². The van der Waals surface area contributed by atoms with E-state index in [2.05, 4.69) is 28.2 Å². The second-order valence-corrected chi connectivity index (χ2v) is 5.62. The largest absolute Gasteiger partial charge is 0.457 e. The van der Waals surface area contributed by atoms with Crippen molar-refractivity contribution in [2.75, 3.05) is 7.05 Å². The lowest BCUT2D eigenvalue weighted by Crippen LogP contribution is -2.15. The fourth-order valence-corrected chi connectivity index (χ4v) is 2.83. The molecule has 0 aliphatic carbocycles. The van der Waals surface area contributed by atoms with Crippen LogP contribution in [0.4, 0.5) is 0 Å². The van der Waals surface area contributed by atoms with E-state index in [1.54, 1.807) is 6.26 Å². The number of rotatable bonds is 10. The minimum atomic E-state index is 0.411. The van der Waals surface area contributed by atoms with Gasteiger partial charge in [0.2, 0.25) is 0 Å². The molecule has 1 N–H and O–H groups in total. The zero-order chi connectivity index (χ0) is 13.2. The molecule has 0 aliphatic rings. The number of hydrogen-bond donors (Lipinski definition) is 1. The highest BCUT2D eigenvalue weighted by Crippen LogP contribution is 2.28. The molecule has 1 atom stereocenters. The predicted octanol–water partition coefficient (Wildman–Crippen LogP) is 5.44. The van der Waals surface area contributed by atoms with Crippen LogP contribution in [0.25, 0.3) is 0 Å². The van der Waals surface area contributed by atoms with Gasteiger partial charge in [0.25, 0.3) is 0 Å². The molecule has 0 aromatic carbocycles. The van der Waals surface area contributed by atoms with Gasteiger partial charge in [-0.25, -0.2) is 0 Å². The highest BCUT2D eigenvalue weighted by molar-refractivity contribution is 9.10. The summed E-state index contributed by atoms with van der Waals surface area (Å²) in [6.45, 7) is 2.26. The topological polar surface area (TPSA) is 25.2 Å². The van der Waals surface area contributed by atoms with Crippen molar-refractivity contribution in [3.8, 4) is 0 Å². The van der Waals surface area contributed by atoms with E-state index in [1.807, 2.05) is 13.1 Å². The molecular weight excluding hydrogens is 290 g/mol. The molecule has 0 bridgehead atoms. The molecule has 0 saturated carbocycles. The average molecular weight is 316 g/mol. The van der Waals surface area contributed by atoms with Crippen molar-refractivity contribution in [1.82, 2.24) is 5.32 Å². The average Bonchev–Trinajstić information content (AvgIpc) is 2.79. The van der Waals surface area contributed by atoms with Crippen LogP contribution in [-0.4, -0.2) is 7.05 Å². The molecule has 1 unspecified atom stereocenters. The molecule has 0 spiro atoms. The molecule has 3 heteroatoms. The molecule has 18 heavy (non-hydrogen) atoms. The Morgan fingerprint density at radius 3 is 2.39 bits per heavy atom. The third-order valence-electron chi connectivity index (χ3n) is 3.47. The fourth-order valence-electron chi connectivity index (χ4n) is 2.31. The van der Waals surface area contributed by atoms with Crippen LogP contribution >= 0.6 is 15.9 Å². The highest BCUT2D eigenvalue weighted by atomic mass is 79.9. The van der Waals surface area contributed by atoms with Crippen molar-refractivity contribution < 1.29 is 4.42 Å². The Labute approximate surface area is 120 Å². The van der Waals surface area contributed by atoms with Crippen LogP contribution in [0.5, 0.6) is 0 Å². The van der Waals surface area contributed by atoms with E-state index in [0.29, 0.717) is 6.04 Å². The molecule has 0 fully saturated rings. The Morgan fingerprint density at radius 2 is 1.83 bits per heavy atom. The van der Waals surface area contributed by atoms with Gasteiger partial charge in [-0.15, -0.1) is 0 Å². The van der Waals surface area contributed by atoms with E-state index >= 15 is 0 Å². The predicted molar refractivity (Wildman–Crippen MR) is 80.8 cm³/mol. The number of furan rings is 1. The minimum absolute atomic E-state index is 0.411. The first-order valence-electron chi connectivity index (χ1n) is 7.19. The minimum Gasteiger partial charge on any atom is -0.457 e. The Hall–Kier alpha value is -0.280. The van der Waals surface area contributed by atoms with Crippen molar-refractivity contribution in [2.24, 2.45) is 0 Å². The van der Waals surface area contributed by atoms with E-state index in [-0.39, 0.29) is 0 Å². The number of nitrogens with one attached hydrogen (secondary N) is 1. The summed E-state index contributed by atoms with van der Waals surface area (Å²) < 4.78 is 6.16. The van der Waals surface area contributed by atoms with Gasteiger partial charge in [-0.2, -0.15) is 0 Å². The number of hydrogen-bond acceptors (Lipinski definition) is 2. The Bertz CT molecular complexity index is 311. The van der Waals surface area contributed by atoms with Gasteiger partial charge in [-0.05, 0) is 35.5 Å². The maximum atomic E-state index is 5.30. The second kappa shape index (κ2) is 9.62. The highest BCUT2D eigenvalue weighted by Gasteiger charge is 2.14. The van der Waals surface area contributed by atoms with Crippen molar-refractivity contribution in [2.45, 2.75) is 64.3 Å². The lowest BCUT2D eigenvalue weighted by atomic mass is 10.0. The summed E-state index contributed by atoms with van der Waals surface area (Å²) in [5.41, 5.74) is 1.24. The van der Waals surface area contributed by atoms with Crippen LogP contribution in [0.3, 0.4) is 0 Å². The van der Waals surface area contributed by atoms with Crippen molar-refractivity contribution in [3.05, 3.63) is 22.6 Å². The molecule has 1 aromatic rings. The standard InChI is InChI=1S/C15H26BrNO/c1-3-4-5-6-7-8-9-10-14(17-2)13-11-12-18-15(13)16/h11-12,14,17H,3-10H2,1-2H3. The van der Waals surface area contributed by atoms with E-state index in [9.17, 15) is 0 Å². The van der Waals surface area contributed by atoms with E-state index < -0.39 is 0 Å². The smallest absolute Gasteiger partial charge is 0.173 e. The first-order valence-corrected chi connectivity index (χ1v) is 7.99. The second-order valence-electron chi connectivity index (χ2n) is 4.90. The van der Waals surface area contributed by atoms with Crippen LogP contribution in [0.1, 0.15) is 69.9 Å². The summed E-state index contributed by atoms with van der Waals surface area (Å²) in [5, 5.41) is 3.37. The molecule has 2 nitrogen and oxygen atoms in total. The normalized spacial score (nSPS) is 12.8. The zero-order valence-corrected chi connectivity index (χ0v) is 13.3. The van der Waals surface area contributed by atoms with Crippen LogP contribution < -0.4 is 5.32 Å². The lowest BCUT2D eigenvalue weighted by Gasteiger charge is -2.14. The maximum Gasteiger partial charge on any atom is 0.173 e. The molecule has 0 amide bonds. The fraction of sp³-hybridized carbons (Fsp3) is 0.733. The first kappa shape index (κ1) is 15.8. The van der Waals surface area contributed by atoms with Crippen LogP contribution in [0, 0.1) is 0 Å². The van der Waals surface area contributed by atoms with Gasteiger partial charge in [0.05, 0.1) is 6.26 Å². The third-order valence-corrected chi connectivity index (χ3v) is 4.11. The van der Waals surface area contributed by atoms with Crippen molar-refractivity contribution in [1.29, 1.82) is 0 Å². The van der Waals surface area contributed by atoms with Gasteiger partial charge in [-0.1, -0.05) is 51.9 Å². The summed E-state index contributed by atoms with van der Waals surface area (Å²) in [5.74, 6) is 0. The van der Waals surface area contributed by atoms with E-state index in [0.717, 1.165) is 4.67 Å². The van der Waals surface area contributed by atoms with E-state index in [1.165, 1.54) is 56.9 Å². The number of halogens is 1. The summed E-state index contributed by atoms with van der Waals surface area (Å²) >= 11 is 3.45. The number of unbranched alkanes of at least 4 members (excludes halogenated alkanes) is 6. The summed E-state index contributed by atoms with van der Waals surface area (Å²) in [6, 6.07) is 2.46. The van der Waals surface area contributed by atoms with Crippen LogP contribution in [0.2, 0.25) is 0 Å². The monoisotopic (exact) mass is 315 g/mol. The SMILES string of the molecule is CCCCCCCCCC(NC)c1ccoc1Br. The molecule has 1 heterocycles. The molecule has 0 saturated heterocycles. The van der Waals surface area contributed by atoms with Gasteiger partial charge in [0.15, 0.2) is 4.67 Å². The molecule has 0 aliphatic heterocycles.